The van der Waals surface area contributed by atoms with E-state index in [1.165, 1.54) is 23.9 Å². The average Bonchev–Trinajstić information content (AvgIpc) is 2.25. The Morgan fingerprint density at radius 1 is 1.40 bits per heavy atom. The van der Waals surface area contributed by atoms with Gasteiger partial charge in [-0.2, -0.15) is 0 Å². The van der Waals surface area contributed by atoms with Crippen LogP contribution in [0, 0.1) is 5.82 Å². The van der Waals surface area contributed by atoms with E-state index < -0.39 is 0 Å². The first kappa shape index (κ1) is 12.0. The van der Waals surface area contributed by atoms with Crippen LogP contribution in [0.15, 0.2) is 29.2 Å². The smallest absolute Gasteiger partial charge is 0.230 e. The molecular formula is C10H12FNO2S. The second kappa shape index (κ2) is 6.42. The summed E-state index contributed by atoms with van der Waals surface area (Å²) in [5, 5.41) is 11.0. The molecule has 0 unspecified atom stereocenters. The standard InChI is InChI=1S/C10H12FNO2S/c11-8-1-3-9(4-2-8)15-7-10(14)12-5-6-13/h1-4,13H,5-7H2,(H,12,14). The topological polar surface area (TPSA) is 49.3 Å². The van der Waals surface area contributed by atoms with Crippen LogP contribution in [0.4, 0.5) is 4.39 Å². The van der Waals surface area contributed by atoms with Crippen LogP contribution in [0.5, 0.6) is 0 Å². The Balaban J connectivity index is 2.30. The van der Waals surface area contributed by atoms with Gasteiger partial charge in [0.1, 0.15) is 5.82 Å². The zero-order valence-corrected chi connectivity index (χ0v) is 8.89. The number of hydrogen-bond acceptors (Lipinski definition) is 3. The molecule has 0 aliphatic heterocycles. The largest absolute Gasteiger partial charge is 0.395 e. The monoisotopic (exact) mass is 229 g/mol. The molecule has 1 amide bonds. The maximum absolute atomic E-state index is 12.5. The lowest BCUT2D eigenvalue weighted by molar-refractivity contribution is -0.118. The zero-order chi connectivity index (χ0) is 11.1. The molecule has 0 aromatic heterocycles. The number of benzene rings is 1. The van der Waals surface area contributed by atoms with Crippen LogP contribution in [-0.4, -0.2) is 29.9 Å². The molecule has 2 N–H and O–H groups in total. The van der Waals surface area contributed by atoms with Crippen molar-refractivity contribution < 1.29 is 14.3 Å². The van der Waals surface area contributed by atoms with Crippen LogP contribution in [-0.2, 0) is 4.79 Å². The summed E-state index contributed by atoms with van der Waals surface area (Å²) in [7, 11) is 0. The van der Waals surface area contributed by atoms with Crippen LogP contribution < -0.4 is 5.32 Å². The van der Waals surface area contributed by atoms with E-state index in [9.17, 15) is 9.18 Å². The molecule has 0 saturated carbocycles. The molecule has 1 aromatic carbocycles. The van der Waals surface area contributed by atoms with E-state index in [0.29, 0.717) is 0 Å². The van der Waals surface area contributed by atoms with Crippen molar-refractivity contribution in [2.75, 3.05) is 18.9 Å². The molecule has 1 aromatic rings. The predicted molar refractivity (Wildman–Crippen MR) is 57.2 cm³/mol. The SMILES string of the molecule is O=C(CSc1ccc(F)cc1)NCCO. The lowest BCUT2D eigenvalue weighted by Gasteiger charge is -2.02. The summed E-state index contributed by atoms with van der Waals surface area (Å²) in [6.07, 6.45) is 0. The van der Waals surface area contributed by atoms with Crippen molar-refractivity contribution in [1.82, 2.24) is 5.32 Å². The minimum atomic E-state index is -0.288. The Hall–Kier alpha value is -1.07. The Labute approximate surface area is 91.7 Å². The van der Waals surface area contributed by atoms with Gasteiger partial charge >= 0.3 is 0 Å². The third-order valence-corrected chi connectivity index (χ3v) is 2.63. The molecule has 0 spiro atoms. The normalized spacial score (nSPS) is 10.0. The van der Waals surface area contributed by atoms with E-state index >= 15 is 0 Å². The van der Waals surface area contributed by atoms with Gasteiger partial charge in [-0.25, -0.2) is 4.39 Å². The maximum Gasteiger partial charge on any atom is 0.230 e. The first-order valence-corrected chi connectivity index (χ1v) is 5.47. The van der Waals surface area contributed by atoms with Gasteiger partial charge in [0.05, 0.1) is 12.4 Å². The van der Waals surface area contributed by atoms with Gasteiger partial charge in [0.25, 0.3) is 0 Å². The molecule has 0 fully saturated rings. The number of amides is 1. The maximum atomic E-state index is 12.5. The minimum absolute atomic E-state index is 0.0625. The molecule has 0 aliphatic rings. The predicted octanol–water partition coefficient (Wildman–Crippen LogP) is 1.03. The van der Waals surface area contributed by atoms with E-state index in [0.717, 1.165) is 4.90 Å². The van der Waals surface area contributed by atoms with E-state index in [4.69, 9.17) is 5.11 Å². The number of nitrogens with one attached hydrogen (secondary N) is 1. The van der Waals surface area contributed by atoms with Gasteiger partial charge in [-0.05, 0) is 24.3 Å². The van der Waals surface area contributed by atoms with Crippen LogP contribution >= 0.6 is 11.8 Å². The average molecular weight is 229 g/mol. The number of halogens is 1. The number of rotatable bonds is 5. The molecule has 0 heterocycles. The highest BCUT2D eigenvalue weighted by molar-refractivity contribution is 8.00. The van der Waals surface area contributed by atoms with E-state index in [-0.39, 0.29) is 30.6 Å². The second-order valence-electron chi connectivity index (χ2n) is 2.82. The summed E-state index contributed by atoms with van der Waals surface area (Å²) < 4.78 is 12.5. The second-order valence-corrected chi connectivity index (χ2v) is 3.86. The van der Waals surface area contributed by atoms with Crippen molar-refractivity contribution in [1.29, 1.82) is 0 Å². The lowest BCUT2D eigenvalue weighted by atomic mass is 10.4. The molecule has 3 nitrogen and oxygen atoms in total. The van der Waals surface area contributed by atoms with Crippen molar-refractivity contribution >= 4 is 17.7 Å². The van der Waals surface area contributed by atoms with Crippen molar-refractivity contribution in [3.05, 3.63) is 30.1 Å². The Morgan fingerprint density at radius 3 is 2.67 bits per heavy atom. The van der Waals surface area contributed by atoms with Crippen LogP contribution in [0.25, 0.3) is 0 Å². The summed E-state index contributed by atoms with van der Waals surface area (Å²) >= 11 is 1.33. The summed E-state index contributed by atoms with van der Waals surface area (Å²) in [4.78, 5) is 12.0. The molecule has 15 heavy (non-hydrogen) atoms. The highest BCUT2D eigenvalue weighted by Crippen LogP contribution is 2.17. The Morgan fingerprint density at radius 2 is 2.07 bits per heavy atom. The number of carbonyl (C=O) groups excluding carboxylic acids is 1. The van der Waals surface area contributed by atoms with E-state index in [1.54, 1.807) is 12.1 Å². The summed E-state index contributed by atoms with van der Waals surface area (Å²) in [5.74, 6) is -0.159. The van der Waals surface area contributed by atoms with Crippen LogP contribution in [0.1, 0.15) is 0 Å². The van der Waals surface area contributed by atoms with Gasteiger partial charge in [-0.3, -0.25) is 4.79 Å². The highest BCUT2D eigenvalue weighted by atomic mass is 32.2. The molecule has 0 bridgehead atoms. The van der Waals surface area contributed by atoms with Gasteiger partial charge in [0, 0.05) is 11.4 Å². The van der Waals surface area contributed by atoms with Crippen molar-refractivity contribution in [3.63, 3.8) is 0 Å². The van der Waals surface area contributed by atoms with Gasteiger partial charge < -0.3 is 10.4 Å². The van der Waals surface area contributed by atoms with Crippen molar-refractivity contribution in [3.8, 4) is 0 Å². The molecule has 0 aliphatic carbocycles. The van der Waals surface area contributed by atoms with Gasteiger partial charge in [-0.15, -0.1) is 11.8 Å². The van der Waals surface area contributed by atoms with Crippen molar-refractivity contribution in [2.45, 2.75) is 4.90 Å². The third-order valence-electron chi connectivity index (χ3n) is 1.62. The Bertz CT molecular complexity index is 316. The van der Waals surface area contributed by atoms with Gasteiger partial charge in [0.15, 0.2) is 0 Å². The minimum Gasteiger partial charge on any atom is -0.395 e. The van der Waals surface area contributed by atoms with Crippen LogP contribution in [0.3, 0.4) is 0 Å². The molecule has 0 saturated heterocycles. The number of thioether (sulfide) groups is 1. The first-order chi connectivity index (χ1) is 7.22. The van der Waals surface area contributed by atoms with Gasteiger partial charge in [0.2, 0.25) is 5.91 Å². The number of carbonyl (C=O) groups is 1. The van der Waals surface area contributed by atoms with Crippen molar-refractivity contribution in [2.24, 2.45) is 0 Å². The van der Waals surface area contributed by atoms with Crippen LogP contribution in [0.2, 0.25) is 0 Å². The molecule has 82 valence electrons. The molecule has 1 rings (SSSR count). The number of aliphatic hydroxyl groups excluding tert-OH is 1. The zero-order valence-electron chi connectivity index (χ0n) is 8.07. The molecule has 0 radical (unpaired) electrons. The quantitative estimate of drug-likeness (QED) is 0.741. The highest BCUT2D eigenvalue weighted by Gasteiger charge is 2.01. The molecule has 5 heteroatoms. The summed E-state index contributed by atoms with van der Waals surface area (Å²) in [6.45, 7) is 0.204. The third kappa shape index (κ3) is 4.80. The fourth-order valence-corrected chi connectivity index (χ4v) is 1.65. The summed E-state index contributed by atoms with van der Waals surface area (Å²) in [5.41, 5.74) is 0. The fraction of sp³-hybridized carbons (Fsp3) is 0.300. The van der Waals surface area contributed by atoms with E-state index in [2.05, 4.69) is 5.32 Å². The number of hydrogen-bond donors (Lipinski definition) is 2. The lowest BCUT2D eigenvalue weighted by Crippen LogP contribution is -2.27. The fourth-order valence-electron chi connectivity index (χ4n) is 0.926. The first-order valence-electron chi connectivity index (χ1n) is 4.48. The summed E-state index contributed by atoms with van der Waals surface area (Å²) in [6, 6.07) is 5.96. The van der Waals surface area contributed by atoms with E-state index in [1.807, 2.05) is 0 Å². The number of aliphatic hydroxyl groups is 1. The Kier molecular flexibility index (Phi) is 5.14. The molecular weight excluding hydrogens is 217 g/mol. The van der Waals surface area contributed by atoms with Gasteiger partial charge in [-0.1, -0.05) is 0 Å². The molecule has 0 atom stereocenters.